The third-order valence-electron chi connectivity index (χ3n) is 4.78. The molecule has 1 aromatic rings. The summed E-state index contributed by atoms with van der Waals surface area (Å²) in [6.07, 6.45) is 2.13. The van der Waals surface area contributed by atoms with E-state index < -0.39 is 0 Å². The van der Waals surface area contributed by atoms with Crippen molar-refractivity contribution in [1.82, 2.24) is 5.32 Å². The second kappa shape index (κ2) is 6.04. The minimum atomic E-state index is -0.340. The topological polar surface area (TPSA) is 56.8 Å². The first-order valence-corrected chi connectivity index (χ1v) is 8.20. The van der Waals surface area contributed by atoms with Crippen LogP contribution < -0.4 is 14.8 Å². The van der Waals surface area contributed by atoms with E-state index in [0.717, 1.165) is 29.9 Å². The van der Waals surface area contributed by atoms with Gasteiger partial charge in [-0.15, -0.1) is 0 Å². The van der Waals surface area contributed by atoms with Gasteiger partial charge in [0, 0.05) is 18.4 Å². The van der Waals surface area contributed by atoms with Crippen LogP contribution in [-0.4, -0.2) is 24.3 Å². The van der Waals surface area contributed by atoms with Gasteiger partial charge in [0.1, 0.15) is 0 Å². The molecule has 2 aliphatic heterocycles. The number of carbonyl (C=O) groups excluding carboxylic acids is 1. The molecule has 1 N–H and O–H groups in total. The fraction of sp³-hybridized carbons (Fsp3) is 0.611. The fourth-order valence-corrected chi connectivity index (χ4v) is 3.67. The molecule has 0 radical (unpaired) electrons. The highest BCUT2D eigenvalue weighted by Crippen LogP contribution is 2.44. The zero-order valence-electron chi connectivity index (χ0n) is 14.2. The first-order valence-electron chi connectivity index (χ1n) is 8.20. The summed E-state index contributed by atoms with van der Waals surface area (Å²) in [7, 11) is 0. The van der Waals surface area contributed by atoms with E-state index in [1.165, 1.54) is 0 Å². The zero-order chi connectivity index (χ0) is 16.6. The maximum Gasteiger partial charge on any atom is 0.231 e. The van der Waals surface area contributed by atoms with Crippen LogP contribution in [0.5, 0.6) is 11.5 Å². The third kappa shape index (κ3) is 3.29. The molecule has 0 bridgehead atoms. The summed E-state index contributed by atoms with van der Waals surface area (Å²) in [6, 6.07) is 5.97. The summed E-state index contributed by atoms with van der Waals surface area (Å²) in [5.41, 5.74) is 0.733. The predicted molar refractivity (Wildman–Crippen MR) is 86.5 cm³/mol. The van der Waals surface area contributed by atoms with Crippen molar-refractivity contribution < 1.29 is 19.0 Å². The van der Waals surface area contributed by atoms with E-state index in [4.69, 9.17) is 14.2 Å². The zero-order valence-corrected chi connectivity index (χ0v) is 14.2. The van der Waals surface area contributed by atoms with Crippen LogP contribution >= 0.6 is 0 Å². The van der Waals surface area contributed by atoms with Gasteiger partial charge in [-0.2, -0.15) is 0 Å². The molecule has 3 atom stereocenters. The fourth-order valence-electron chi connectivity index (χ4n) is 3.67. The van der Waals surface area contributed by atoms with Gasteiger partial charge in [-0.05, 0) is 51.3 Å². The summed E-state index contributed by atoms with van der Waals surface area (Å²) in [6.45, 7) is 8.06. The normalized spacial score (nSPS) is 26.9. The molecule has 0 spiro atoms. The quantitative estimate of drug-likeness (QED) is 0.929. The number of benzene rings is 1. The van der Waals surface area contributed by atoms with Crippen molar-refractivity contribution in [3.05, 3.63) is 23.8 Å². The lowest BCUT2D eigenvalue weighted by Crippen LogP contribution is -2.52. The Morgan fingerprint density at radius 1 is 1.22 bits per heavy atom. The molecule has 2 heterocycles. The smallest absolute Gasteiger partial charge is 0.231 e. The summed E-state index contributed by atoms with van der Waals surface area (Å²) in [5, 5.41) is 3.08. The molecule has 23 heavy (non-hydrogen) atoms. The molecule has 1 unspecified atom stereocenters. The second-order valence-electron chi connectivity index (χ2n) is 7.07. The van der Waals surface area contributed by atoms with Crippen LogP contribution in [0.15, 0.2) is 18.2 Å². The van der Waals surface area contributed by atoms with Crippen LogP contribution in [-0.2, 0) is 9.53 Å². The molecule has 1 amide bonds. The summed E-state index contributed by atoms with van der Waals surface area (Å²) in [5.74, 6) is 1.72. The van der Waals surface area contributed by atoms with Gasteiger partial charge in [0.25, 0.3) is 0 Å². The largest absolute Gasteiger partial charge is 0.454 e. The lowest BCUT2D eigenvalue weighted by molar-refractivity contribution is -0.126. The molecule has 1 fully saturated rings. The van der Waals surface area contributed by atoms with E-state index in [2.05, 4.69) is 26.1 Å². The Balaban J connectivity index is 1.90. The van der Waals surface area contributed by atoms with E-state index >= 15 is 0 Å². The summed E-state index contributed by atoms with van der Waals surface area (Å²) >= 11 is 0. The van der Waals surface area contributed by atoms with Gasteiger partial charge in [-0.3, -0.25) is 4.79 Å². The summed E-state index contributed by atoms with van der Waals surface area (Å²) in [4.78, 5) is 11.6. The second-order valence-corrected chi connectivity index (χ2v) is 7.07. The number of hydrogen-bond acceptors (Lipinski definition) is 4. The standard InChI is InChI=1S/C18H25NO4/c1-11-5-7-14(18(3,4)19-12(2)20)17(23-11)13-6-8-15-16(9-13)22-10-21-15/h6,8-9,11,14,17H,5,7,10H2,1-4H3,(H,19,20)/t11-,14-,17?/m1/s1. The van der Waals surface area contributed by atoms with Crippen molar-refractivity contribution >= 4 is 5.91 Å². The van der Waals surface area contributed by atoms with Gasteiger partial charge >= 0.3 is 0 Å². The molecule has 5 nitrogen and oxygen atoms in total. The number of rotatable bonds is 3. The number of fused-ring (bicyclic) bond motifs is 1. The van der Waals surface area contributed by atoms with Crippen molar-refractivity contribution in [2.24, 2.45) is 5.92 Å². The highest BCUT2D eigenvalue weighted by atomic mass is 16.7. The molecule has 0 aliphatic carbocycles. The average molecular weight is 319 g/mol. The Bertz CT molecular complexity index is 599. The highest BCUT2D eigenvalue weighted by Gasteiger charge is 2.41. The molecule has 0 saturated carbocycles. The number of amides is 1. The van der Waals surface area contributed by atoms with E-state index in [1.807, 2.05) is 18.2 Å². The van der Waals surface area contributed by atoms with E-state index in [0.29, 0.717) is 0 Å². The first kappa shape index (κ1) is 16.1. The minimum absolute atomic E-state index is 0.0157. The molecular weight excluding hydrogens is 294 g/mol. The van der Waals surface area contributed by atoms with Crippen molar-refractivity contribution in [3.8, 4) is 11.5 Å². The molecule has 3 rings (SSSR count). The first-order chi connectivity index (χ1) is 10.9. The Kier molecular flexibility index (Phi) is 4.23. The molecule has 2 aliphatic rings. The number of ether oxygens (including phenoxy) is 3. The molecule has 5 heteroatoms. The molecule has 1 saturated heterocycles. The van der Waals surface area contributed by atoms with Crippen LogP contribution in [0.1, 0.15) is 52.2 Å². The maximum absolute atomic E-state index is 11.6. The van der Waals surface area contributed by atoms with Crippen molar-refractivity contribution in [3.63, 3.8) is 0 Å². The van der Waals surface area contributed by atoms with Gasteiger partial charge in [0.05, 0.1) is 12.2 Å². The third-order valence-corrected chi connectivity index (χ3v) is 4.78. The number of carbonyl (C=O) groups is 1. The molecule has 126 valence electrons. The number of nitrogens with one attached hydrogen (secondary N) is 1. The Morgan fingerprint density at radius 2 is 1.96 bits per heavy atom. The van der Waals surface area contributed by atoms with E-state index in [1.54, 1.807) is 6.92 Å². The van der Waals surface area contributed by atoms with Crippen molar-refractivity contribution in [2.75, 3.05) is 6.79 Å². The van der Waals surface area contributed by atoms with Crippen LogP contribution in [0.4, 0.5) is 0 Å². The molecule has 0 aromatic heterocycles. The maximum atomic E-state index is 11.6. The van der Waals surface area contributed by atoms with Crippen LogP contribution in [0.3, 0.4) is 0 Å². The summed E-state index contributed by atoms with van der Waals surface area (Å²) < 4.78 is 17.1. The highest BCUT2D eigenvalue weighted by molar-refractivity contribution is 5.73. The predicted octanol–water partition coefficient (Wildman–Crippen LogP) is 3.19. The molecular formula is C18H25NO4. The van der Waals surface area contributed by atoms with Gasteiger partial charge in [-0.25, -0.2) is 0 Å². The van der Waals surface area contributed by atoms with Crippen LogP contribution in [0.25, 0.3) is 0 Å². The van der Waals surface area contributed by atoms with Crippen molar-refractivity contribution in [1.29, 1.82) is 0 Å². The Morgan fingerprint density at radius 3 is 2.70 bits per heavy atom. The van der Waals surface area contributed by atoms with Gasteiger partial charge in [0.15, 0.2) is 11.5 Å². The Hall–Kier alpha value is -1.75. The van der Waals surface area contributed by atoms with Crippen molar-refractivity contribution in [2.45, 2.75) is 58.3 Å². The van der Waals surface area contributed by atoms with Gasteiger partial charge in [-0.1, -0.05) is 6.07 Å². The lowest BCUT2D eigenvalue weighted by Gasteiger charge is -2.44. The van der Waals surface area contributed by atoms with Crippen LogP contribution in [0.2, 0.25) is 0 Å². The van der Waals surface area contributed by atoms with Gasteiger partial charge in [0.2, 0.25) is 12.7 Å². The lowest BCUT2D eigenvalue weighted by atomic mass is 9.75. The molecule has 1 aromatic carbocycles. The van der Waals surface area contributed by atoms with E-state index in [9.17, 15) is 4.79 Å². The van der Waals surface area contributed by atoms with Crippen LogP contribution in [0, 0.1) is 5.92 Å². The Labute approximate surface area is 137 Å². The minimum Gasteiger partial charge on any atom is -0.454 e. The van der Waals surface area contributed by atoms with Gasteiger partial charge < -0.3 is 19.5 Å². The SMILES string of the molecule is CC(=O)NC(C)(C)[C@@H]1CC[C@@H](C)OC1c1ccc2c(c1)OCO2. The monoisotopic (exact) mass is 319 g/mol. The average Bonchev–Trinajstić information content (AvgIpc) is 2.92. The number of hydrogen-bond donors (Lipinski definition) is 1. The van der Waals surface area contributed by atoms with E-state index in [-0.39, 0.29) is 36.4 Å².